The number of hydrogen-bond donors (Lipinski definition) is 4. The van der Waals surface area contributed by atoms with Crippen molar-refractivity contribution >= 4 is 22.8 Å². The predicted molar refractivity (Wildman–Crippen MR) is 130 cm³/mol. The number of hydrogen-bond acceptors (Lipinski definition) is 3. The van der Waals surface area contributed by atoms with Crippen LogP contribution >= 0.6 is 0 Å². The number of ether oxygens (including phenoxy) is 1. The quantitative estimate of drug-likeness (QED) is 0.291. The van der Waals surface area contributed by atoms with Crippen LogP contribution in [-0.2, 0) is 17.8 Å². The fourth-order valence-corrected chi connectivity index (χ4v) is 3.61. The second kappa shape index (κ2) is 11.8. The van der Waals surface area contributed by atoms with Gasteiger partial charge in [0.15, 0.2) is 12.6 Å². The van der Waals surface area contributed by atoms with Gasteiger partial charge in [-0.3, -0.25) is 4.79 Å². The number of carbonyl (C=O) groups is 1. The number of likely N-dealkylation sites (N-methyl/N-ethyl adjacent to an activating group) is 1. The van der Waals surface area contributed by atoms with Crippen molar-refractivity contribution in [2.75, 3.05) is 26.2 Å². The van der Waals surface area contributed by atoms with Crippen LogP contribution < -0.4 is 20.7 Å². The second-order valence-corrected chi connectivity index (χ2v) is 7.54. The Hall–Kier alpha value is -3.48. The molecule has 7 nitrogen and oxygen atoms in total. The number of aryl methyl sites for hydroxylation is 1. The van der Waals surface area contributed by atoms with Crippen LogP contribution in [-0.4, -0.2) is 43.1 Å². The molecule has 0 aliphatic heterocycles. The van der Waals surface area contributed by atoms with E-state index in [4.69, 9.17) is 9.73 Å². The Morgan fingerprint density at radius 2 is 1.84 bits per heavy atom. The summed E-state index contributed by atoms with van der Waals surface area (Å²) < 4.78 is 5.57. The van der Waals surface area contributed by atoms with E-state index in [1.165, 1.54) is 22.2 Å². The van der Waals surface area contributed by atoms with Crippen molar-refractivity contribution in [1.29, 1.82) is 0 Å². The van der Waals surface area contributed by atoms with Crippen molar-refractivity contribution in [3.8, 4) is 5.75 Å². The third-order valence-electron chi connectivity index (χ3n) is 5.10. The summed E-state index contributed by atoms with van der Waals surface area (Å²) in [5, 5.41) is 10.7. The first-order valence-electron chi connectivity index (χ1n) is 11.2. The van der Waals surface area contributed by atoms with Crippen molar-refractivity contribution in [2.45, 2.75) is 33.7 Å². The van der Waals surface area contributed by atoms with E-state index in [0.717, 1.165) is 31.0 Å². The Balaban J connectivity index is 1.57. The minimum Gasteiger partial charge on any atom is -0.484 e. The zero-order valence-electron chi connectivity index (χ0n) is 19.1. The number of nitrogens with zero attached hydrogens (tertiary/aromatic N) is 1. The van der Waals surface area contributed by atoms with E-state index in [9.17, 15) is 4.79 Å². The first-order valence-corrected chi connectivity index (χ1v) is 11.2. The van der Waals surface area contributed by atoms with Crippen LogP contribution in [0.2, 0.25) is 0 Å². The molecule has 7 heteroatoms. The fourth-order valence-electron chi connectivity index (χ4n) is 3.61. The number of aromatic nitrogens is 1. The molecule has 0 aliphatic carbocycles. The van der Waals surface area contributed by atoms with Crippen molar-refractivity contribution in [3.05, 3.63) is 65.4 Å². The highest BCUT2D eigenvalue weighted by Crippen LogP contribution is 2.21. The summed E-state index contributed by atoms with van der Waals surface area (Å²) in [4.78, 5) is 19.8. The van der Waals surface area contributed by atoms with E-state index in [0.29, 0.717) is 18.8 Å². The van der Waals surface area contributed by atoms with E-state index in [1.54, 1.807) is 0 Å². The molecule has 0 radical (unpaired) electrons. The molecule has 0 saturated carbocycles. The summed E-state index contributed by atoms with van der Waals surface area (Å²) in [7, 11) is 0. The van der Waals surface area contributed by atoms with Gasteiger partial charge in [-0.2, -0.15) is 0 Å². The number of aromatic amines is 1. The fraction of sp³-hybridized carbons (Fsp3) is 0.360. The summed E-state index contributed by atoms with van der Waals surface area (Å²) in [5.74, 6) is 1.32. The number of para-hydroxylation sites is 1. The maximum Gasteiger partial charge on any atom is 0.257 e. The second-order valence-electron chi connectivity index (χ2n) is 7.54. The molecule has 3 aromatic rings. The van der Waals surface area contributed by atoms with Crippen molar-refractivity contribution in [1.82, 2.24) is 20.9 Å². The Morgan fingerprint density at radius 1 is 1.03 bits per heavy atom. The van der Waals surface area contributed by atoms with Gasteiger partial charge < -0.3 is 25.7 Å². The van der Waals surface area contributed by atoms with E-state index in [2.05, 4.69) is 59.0 Å². The van der Waals surface area contributed by atoms with Crippen LogP contribution in [0.25, 0.3) is 10.9 Å². The lowest BCUT2D eigenvalue weighted by atomic mass is 10.1. The molecule has 0 atom stereocenters. The first-order chi connectivity index (χ1) is 15.6. The molecule has 32 heavy (non-hydrogen) atoms. The number of carbonyl (C=O) groups excluding carboxylic acids is 1. The van der Waals surface area contributed by atoms with E-state index in [1.807, 2.05) is 31.2 Å². The Labute approximate surface area is 189 Å². The van der Waals surface area contributed by atoms with Crippen LogP contribution in [0.15, 0.2) is 53.5 Å². The standard InChI is InChI=1S/C25H33N5O2/c1-4-26-24(31)17-32-20-10-8-9-19(15-20)16-29-25(27-5-2)28-14-13-21-18(3)30-23-12-7-6-11-22(21)23/h6-12,15,30H,4-5,13-14,16-17H2,1-3H3,(H,26,31)(H2,27,28,29). The maximum atomic E-state index is 11.6. The average Bonchev–Trinajstić information content (AvgIpc) is 3.11. The van der Waals surface area contributed by atoms with Gasteiger partial charge in [0, 0.05) is 36.2 Å². The van der Waals surface area contributed by atoms with Gasteiger partial charge in [-0.25, -0.2) is 4.99 Å². The molecule has 1 heterocycles. The number of rotatable bonds is 10. The highest BCUT2D eigenvalue weighted by atomic mass is 16.5. The van der Waals surface area contributed by atoms with Crippen LogP contribution in [0.1, 0.15) is 30.7 Å². The topological polar surface area (TPSA) is 90.5 Å². The highest BCUT2D eigenvalue weighted by Gasteiger charge is 2.08. The van der Waals surface area contributed by atoms with Crippen LogP contribution in [0.4, 0.5) is 0 Å². The van der Waals surface area contributed by atoms with Gasteiger partial charge in [-0.15, -0.1) is 0 Å². The molecule has 1 amide bonds. The molecule has 2 aromatic carbocycles. The first kappa shape index (κ1) is 23.2. The number of nitrogens with one attached hydrogen (secondary N) is 4. The average molecular weight is 436 g/mol. The summed E-state index contributed by atoms with van der Waals surface area (Å²) in [6.07, 6.45) is 0.906. The smallest absolute Gasteiger partial charge is 0.257 e. The predicted octanol–water partition coefficient (Wildman–Crippen LogP) is 3.29. The number of fused-ring (bicyclic) bond motifs is 1. The zero-order chi connectivity index (χ0) is 22.8. The molecule has 0 aliphatic rings. The summed E-state index contributed by atoms with van der Waals surface area (Å²) in [6.45, 7) is 8.74. The molecule has 0 bridgehead atoms. The van der Waals surface area contributed by atoms with Gasteiger partial charge >= 0.3 is 0 Å². The minimum atomic E-state index is -0.125. The number of amides is 1. The Morgan fingerprint density at radius 3 is 2.66 bits per heavy atom. The van der Waals surface area contributed by atoms with Gasteiger partial charge in [-0.05, 0) is 56.5 Å². The molecule has 170 valence electrons. The van der Waals surface area contributed by atoms with Gasteiger partial charge in [0.05, 0.1) is 6.54 Å². The van der Waals surface area contributed by atoms with Crippen molar-refractivity contribution in [2.24, 2.45) is 4.99 Å². The maximum absolute atomic E-state index is 11.6. The number of guanidine groups is 1. The molecule has 0 saturated heterocycles. The molecule has 3 rings (SSSR count). The SMILES string of the molecule is CCNC(=O)COc1cccc(CN=C(NCC)NCCc2c(C)[nH]c3ccccc23)c1. The number of H-pyrrole nitrogens is 1. The zero-order valence-corrected chi connectivity index (χ0v) is 19.1. The Kier molecular flexibility index (Phi) is 8.54. The lowest BCUT2D eigenvalue weighted by Gasteiger charge is -2.12. The lowest BCUT2D eigenvalue weighted by molar-refractivity contribution is -0.122. The summed E-state index contributed by atoms with van der Waals surface area (Å²) in [6, 6.07) is 16.1. The van der Waals surface area contributed by atoms with Crippen LogP contribution in [0.5, 0.6) is 5.75 Å². The van der Waals surface area contributed by atoms with Crippen molar-refractivity contribution < 1.29 is 9.53 Å². The molecule has 0 unspecified atom stereocenters. The van der Waals surface area contributed by atoms with Crippen molar-refractivity contribution in [3.63, 3.8) is 0 Å². The molecule has 0 spiro atoms. The molecular weight excluding hydrogens is 402 g/mol. The third kappa shape index (κ3) is 6.51. The number of benzene rings is 2. The molecule has 4 N–H and O–H groups in total. The van der Waals surface area contributed by atoms with Gasteiger partial charge in [-0.1, -0.05) is 30.3 Å². The largest absolute Gasteiger partial charge is 0.484 e. The van der Waals surface area contributed by atoms with Gasteiger partial charge in [0.25, 0.3) is 5.91 Å². The normalized spacial score (nSPS) is 11.4. The van der Waals surface area contributed by atoms with Gasteiger partial charge in [0.1, 0.15) is 5.75 Å². The minimum absolute atomic E-state index is 0.0119. The highest BCUT2D eigenvalue weighted by molar-refractivity contribution is 5.85. The van der Waals surface area contributed by atoms with Crippen LogP contribution in [0.3, 0.4) is 0 Å². The van der Waals surface area contributed by atoms with Gasteiger partial charge in [0.2, 0.25) is 0 Å². The molecular formula is C25H33N5O2. The molecule has 0 fully saturated rings. The van der Waals surface area contributed by atoms with Crippen LogP contribution in [0, 0.1) is 6.92 Å². The Bertz CT molecular complexity index is 1060. The van der Waals surface area contributed by atoms with E-state index in [-0.39, 0.29) is 12.5 Å². The molecule has 1 aromatic heterocycles. The summed E-state index contributed by atoms with van der Waals surface area (Å²) >= 11 is 0. The summed E-state index contributed by atoms with van der Waals surface area (Å²) in [5.41, 5.74) is 4.73. The van der Waals surface area contributed by atoms with E-state index < -0.39 is 0 Å². The monoisotopic (exact) mass is 435 g/mol. The van der Waals surface area contributed by atoms with E-state index >= 15 is 0 Å². The third-order valence-corrected chi connectivity index (χ3v) is 5.10. The number of aliphatic imine (C=N–C) groups is 1. The lowest BCUT2D eigenvalue weighted by Crippen LogP contribution is -2.38.